The normalized spacial score (nSPS) is 11.1. The average molecular weight is 390 g/mol. The number of anilines is 1. The van der Waals surface area contributed by atoms with Crippen LogP contribution in [-0.4, -0.2) is 23.3 Å². The second-order valence-electron chi connectivity index (χ2n) is 5.90. The molecule has 1 aromatic heterocycles. The van der Waals surface area contributed by atoms with E-state index in [0.717, 1.165) is 11.6 Å². The largest absolute Gasteiger partial charge is 0.497 e. The number of H-pyrrole nitrogens is 1. The molecule has 3 rings (SSSR count). The van der Waals surface area contributed by atoms with E-state index in [1.54, 1.807) is 24.3 Å². The molecule has 6 nitrogen and oxygen atoms in total. The zero-order valence-corrected chi connectivity index (χ0v) is 14.8. The molecule has 0 atom stereocenters. The third kappa shape index (κ3) is 4.61. The zero-order valence-electron chi connectivity index (χ0n) is 14.8. The number of nitrogens with zero attached hydrogens (tertiary/aromatic N) is 1. The number of rotatable bonds is 5. The van der Waals surface area contributed by atoms with E-state index in [2.05, 4.69) is 20.8 Å². The molecule has 0 fully saturated rings. The van der Waals surface area contributed by atoms with E-state index >= 15 is 0 Å². The molecule has 0 aliphatic heterocycles. The zero-order chi connectivity index (χ0) is 20.1. The molecule has 0 aliphatic rings. The van der Waals surface area contributed by atoms with Crippen LogP contribution in [0.5, 0.6) is 5.75 Å². The highest BCUT2D eigenvalue weighted by Crippen LogP contribution is 2.37. The van der Waals surface area contributed by atoms with E-state index in [4.69, 9.17) is 4.74 Å². The molecule has 146 valence electrons. The van der Waals surface area contributed by atoms with Crippen molar-refractivity contribution in [3.63, 3.8) is 0 Å². The molecule has 0 spiro atoms. The summed E-state index contributed by atoms with van der Waals surface area (Å²) in [6.45, 7) is 0.136. The van der Waals surface area contributed by atoms with E-state index in [1.165, 1.54) is 31.6 Å². The smallest absolute Gasteiger partial charge is 0.418 e. The summed E-state index contributed by atoms with van der Waals surface area (Å²) in [6, 6.07) is 9.93. The maximum Gasteiger partial charge on any atom is 0.418 e. The summed E-state index contributed by atoms with van der Waals surface area (Å²) in [7, 11) is 1.52. The minimum Gasteiger partial charge on any atom is -0.497 e. The van der Waals surface area contributed by atoms with Gasteiger partial charge in [0, 0.05) is 18.3 Å². The monoisotopic (exact) mass is 390 g/mol. The Kier molecular flexibility index (Phi) is 5.53. The fourth-order valence-electron chi connectivity index (χ4n) is 2.61. The van der Waals surface area contributed by atoms with Crippen molar-refractivity contribution in [3.05, 3.63) is 66.0 Å². The molecule has 0 radical (unpaired) electrons. The molecule has 28 heavy (non-hydrogen) atoms. The van der Waals surface area contributed by atoms with Gasteiger partial charge in [-0.3, -0.25) is 5.10 Å². The summed E-state index contributed by atoms with van der Waals surface area (Å²) in [5, 5.41) is 11.1. The minimum atomic E-state index is -4.63. The van der Waals surface area contributed by atoms with Crippen molar-refractivity contribution in [1.29, 1.82) is 0 Å². The van der Waals surface area contributed by atoms with Crippen LogP contribution in [0.2, 0.25) is 0 Å². The Morgan fingerprint density at radius 3 is 2.68 bits per heavy atom. The summed E-state index contributed by atoms with van der Waals surface area (Å²) in [5.41, 5.74) is 0.328. The number of hydrogen-bond acceptors (Lipinski definition) is 3. The Morgan fingerprint density at radius 2 is 2.00 bits per heavy atom. The van der Waals surface area contributed by atoms with Gasteiger partial charge in [-0.1, -0.05) is 18.2 Å². The quantitative estimate of drug-likeness (QED) is 0.603. The van der Waals surface area contributed by atoms with Crippen LogP contribution in [0.25, 0.3) is 11.1 Å². The number of aromatic nitrogens is 2. The molecule has 0 saturated heterocycles. The number of aromatic amines is 1. The predicted octanol–water partition coefficient (Wildman–Crippen LogP) is 4.43. The topological polar surface area (TPSA) is 79.0 Å². The lowest BCUT2D eigenvalue weighted by molar-refractivity contribution is -0.136. The van der Waals surface area contributed by atoms with E-state index in [1.807, 2.05) is 0 Å². The highest BCUT2D eigenvalue weighted by atomic mass is 19.4. The average Bonchev–Trinajstić information content (AvgIpc) is 3.21. The van der Waals surface area contributed by atoms with Gasteiger partial charge in [0.1, 0.15) is 5.75 Å². The summed E-state index contributed by atoms with van der Waals surface area (Å²) in [5.74, 6) is 0.619. The number of ether oxygens (including phenoxy) is 1. The van der Waals surface area contributed by atoms with Gasteiger partial charge in [0.25, 0.3) is 0 Å². The molecule has 0 unspecified atom stereocenters. The predicted molar refractivity (Wildman–Crippen MR) is 97.9 cm³/mol. The number of hydrogen-bond donors (Lipinski definition) is 3. The van der Waals surface area contributed by atoms with Gasteiger partial charge in [-0.15, -0.1) is 0 Å². The standard InChI is InChI=1S/C19H17F3N4O2/c1-28-15-4-2-3-12(7-15)9-23-18(27)26-17-6-5-13(14-10-24-25-11-14)8-16(17)19(20,21)22/h2-8,10-11H,9H2,1H3,(H,24,25)(H2,23,26,27). The number of benzene rings is 2. The molecular formula is C19H17F3N4O2. The Hall–Kier alpha value is -3.49. The van der Waals surface area contributed by atoms with Crippen LogP contribution >= 0.6 is 0 Å². The minimum absolute atomic E-state index is 0.136. The molecule has 2 amide bonds. The van der Waals surface area contributed by atoms with Crippen LogP contribution in [0.1, 0.15) is 11.1 Å². The Labute approximate surface area is 158 Å². The van der Waals surface area contributed by atoms with Crippen LogP contribution in [0.15, 0.2) is 54.9 Å². The maximum atomic E-state index is 13.4. The number of carbonyl (C=O) groups is 1. The summed E-state index contributed by atoms with van der Waals surface area (Å²) >= 11 is 0. The number of amides is 2. The number of halogens is 3. The number of methoxy groups -OCH3 is 1. The van der Waals surface area contributed by atoms with Crippen molar-refractivity contribution < 1.29 is 22.7 Å². The molecule has 3 aromatic rings. The molecule has 0 bridgehead atoms. The number of alkyl halides is 3. The fraction of sp³-hybridized carbons (Fsp3) is 0.158. The number of urea groups is 1. The number of nitrogens with one attached hydrogen (secondary N) is 3. The summed E-state index contributed by atoms with van der Waals surface area (Å²) in [4.78, 5) is 12.1. The highest BCUT2D eigenvalue weighted by Gasteiger charge is 2.34. The van der Waals surface area contributed by atoms with Crippen molar-refractivity contribution >= 4 is 11.7 Å². The van der Waals surface area contributed by atoms with Crippen molar-refractivity contribution in [3.8, 4) is 16.9 Å². The van der Waals surface area contributed by atoms with Gasteiger partial charge in [-0.05, 0) is 35.4 Å². The van der Waals surface area contributed by atoms with Crippen LogP contribution in [0.3, 0.4) is 0 Å². The van der Waals surface area contributed by atoms with Gasteiger partial charge in [0.05, 0.1) is 24.6 Å². The van der Waals surface area contributed by atoms with Crippen molar-refractivity contribution in [2.75, 3.05) is 12.4 Å². The van der Waals surface area contributed by atoms with Crippen molar-refractivity contribution in [2.45, 2.75) is 12.7 Å². The summed E-state index contributed by atoms with van der Waals surface area (Å²) < 4.78 is 45.4. The highest BCUT2D eigenvalue weighted by molar-refractivity contribution is 5.90. The molecule has 9 heteroatoms. The second-order valence-corrected chi connectivity index (χ2v) is 5.90. The van der Waals surface area contributed by atoms with E-state index in [-0.39, 0.29) is 12.2 Å². The second kappa shape index (κ2) is 8.03. The van der Waals surface area contributed by atoms with Crippen LogP contribution < -0.4 is 15.4 Å². The van der Waals surface area contributed by atoms with Gasteiger partial charge in [0.2, 0.25) is 0 Å². The summed E-state index contributed by atoms with van der Waals surface area (Å²) in [6.07, 6.45) is -1.72. The number of carbonyl (C=O) groups excluding carboxylic acids is 1. The van der Waals surface area contributed by atoms with Crippen molar-refractivity contribution in [1.82, 2.24) is 15.5 Å². The molecule has 0 aliphatic carbocycles. The van der Waals surface area contributed by atoms with Gasteiger partial charge in [0.15, 0.2) is 0 Å². The Bertz CT molecular complexity index is 956. The molecule has 3 N–H and O–H groups in total. The molecule has 1 heterocycles. The third-order valence-electron chi connectivity index (χ3n) is 3.99. The first-order chi connectivity index (χ1) is 13.4. The Balaban J connectivity index is 1.74. The molecule has 0 saturated carbocycles. The maximum absolute atomic E-state index is 13.4. The third-order valence-corrected chi connectivity index (χ3v) is 3.99. The lowest BCUT2D eigenvalue weighted by atomic mass is 10.0. The van der Waals surface area contributed by atoms with Gasteiger partial charge < -0.3 is 15.4 Å². The van der Waals surface area contributed by atoms with Crippen LogP contribution in [0.4, 0.5) is 23.7 Å². The van der Waals surface area contributed by atoms with Gasteiger partial charge in [-0.25, -0.2) is 4.79 Å². The Morgan fingerprint density at radius 1 is 1.18 bits per heavy atom. The van der Waals surface area contributed by atoms with E-state index in [9.17, 15) is 18.0 Å². The van der Waals surface area contributed by atoms with E-state index < -0.39 is 17.8 Å². The van der Waals surface area contributed by atoms with Crippen LogP contribution in [0, 0.1) is 0 Å². The first-order valence-corrected chi connectivity index (χ1v) is 8.25. The van der Waals surface area contributed by atoms with Crippen molar-refractivity contribution in [2.24, 2.45) is 0 Å². The SMILES string of the molecule is COc1cccc(CNC(=O)Nc2ccc(-c3cn[nH]c3)cc2C(F)(F)F)c1. The fourth-order valence-corrected chi connectivity index (χ4v) is 2.61. The first kappa shape index (κ1) is 19.3. The lowest BCUT2D eigenvalue weighted by Gasteiger charge is -2.15. The first-order valence-electron chi connectivity index (χ1n) is 8.25. The van der Waals surface area contributed by atoms with Crippen LogP contribution in [-0.2, 0) is 12.7 Å². The van der Waals surface area contributed by atoms with E-state index in [0.29, 0.717) is 16.9 Å². The molecular weight excluding hydrogens is 373 g/mol. The lowest BCUT2D eigenvalue weighted by Crippen LogP contribution is -2.29. The van der Waals surface area contributed by atoms with Gasteiger partial charge in [-0.2, -0.15) is 18.3 Å². The molecule has 2 aromatic carbocycles. The van der Waals surface area contributed by atoms with Gasteiger partial charge >= 0.3 is 12.2 Å².